The first-order valence-corrected chi connectivity index (χ1v) is 8.17. The van der Waals surface area contributed by atoms with E-state index < -0.39 is 15.8 Å². The summed E-state index contributed by atoms with van der Waals surface area (Å²) < 4.78 is 38.8. The molecule has 7 heteroatoms. The molecule has 0 aliphatic heterocycles. The van der Waals surface area contributed by atoms with Crippen LogP contribution in [-0.2, 0) is 16.6 Å². The van der Waals surface area contributed by atoms with Crippen LogP contribution >= 0.6 is 23.2 Å². The Morgan fingerprint density at radius 2 is 1.57 bits per heavy atom. The first-order chi connectivity index (χ1) is 9.82. The molecule has 112 valence electrons. The molecule has 21 heavy (non-hydrogen) atoms. The number of hydrogen-bond acceptors (Lipinski definition) is 2. The highest BCUT2D eigenvalue weighted by Gasteiger charge is 2.22. The van der Waals surface area contributed by atoms with E-state index in [0.717, 1.165) is 16.4 Å². The molecule has 0 bridgehead atoms. The van der Waals surface area contributed by atoms with E-state index in [0.29, 0.717) is 15.6 Å². The molecule has 3 nitrogen and oxygen atoms in total. The molecule has 0 saturated carbocycles. The lowest BCUT2D eigenvalue weighted by molar-refractivity contribution is 0.466. The maximum atomic E-state index is 12.9. The molecule has 0 heterocycles. The Bertz CT molecular complexity index is 728. The molecule has 2 aromatic carbocycles. The van der Waals surface area contributed by atoms with Crippen molar-refractivity contribution in [2.45, 2.75) is 11.4 Å². The van der Waals surface area contributed by atoms with Crippen LogP contribution in [0.3, 0.4) is 0 Å². The van der Waals surface area contributed by atoms with E-state index in [1.54, 1.807) is 18.2 Å². The highest BCUT2D eigenvalue weighted by Crippen LogP contribution is 2.27. The van der Waals surface area contributed by atoms with Gasteiger partial charge >= 0.3 is 0 Å². The fraction of sp³-hybridized carbons (Fsp3) is 0.143. The maximum absolute atomic E-state index is 12.9. The second-order valence-electron chi connectivity index (χ2n) is 4.42. The SMILES string of the molecule is CN(Cc1c(Cl)cccc1Cl)S(=O)(=O)c1ccc(F)cc1. The van der Waals surface area contributed by atoms with Crippen molar-refractivity contribution in [2.75, 3.05) is 7.05 Å². The third-order valence-electron chi connectivity index (χ3n) is 2.96. The fourth-order valence-corrected chi connectivity index (χ4v) is 3.43. The van der Waals surface area contributed by atoms with Crippen molar-refractivity contribution in [1.82, 2.24) is 4.31 Å². The van der Waals surface area contributed by atoms with Gasteiger partial charge in [0, 0.05) is 29.2 Å². The number of halogens is 3. The number of benzene rings is 2. The Morgan fingerprint density at radius 1 is 1.05 bits per heavy atom. The molecule has 0 spiro atoms. The molecule has 0 radical (unpaired) electrons. The lowest BCUT2D eigenvalue weighted by Crippen LogP contribution is -2.26. The zero-order valence-electron chi connectivity index (χ0n) is 11.1. The largest absolute Gasteiger partial charge is 0.243 e. The fourth-order valence-electron chi connectivity index (χ4n) is 1.78. The van der Waals surface area contributed by atoms with Gasteiger partial charge in [-0.25, -0.2) is 12.8 Å². The van der Waals surface area contributed by atoms with Crippen LogP contribution in [0.2, 0.25) is 10.0 Å². The summed E-state index contributed by atoms with van der Waals surface area (Å²) >= 11 is 12.1. The van der Waals surface area contributed by atoms with Crippen molar-refractivity contribution >= 4 is 33.2 Å². The monoisotopic (exact) mass is 347 g/mol. The third-order valence-corrected chi connectivity index (χ3v) is 5.49. The van der Waals surface area contributed by atoms with Gasteiger partial charge in [-0.1, -0.05) is 29.3 Å². The van der Waals surface area contributed by atoms with Gasteiger partial charge in [0.2, 0.25) is 10.0 Å². The van der Waals surface area contributed by atoms with Crippen molar-refractivity contribution in [3.05, 3.63) is 63.9 Å². The molecule has 0 aliphatic rings. The van der Waals surface area contributed by atoms with Crippen molar-refractivity contribution in [3.8, 4) is 0 Å². The molecule has 0 atom stereocenters. The zero-order chi connectivity index (χ0) is 15.6. The summed E-state index contributed by atoms with van der Waals surface area (Å²) in [6.45, 7) is 0.0260. The molecule has 0 saturated heterocycles. The first-order valence-electron chi connectivity index (χ1n) is 5.97. The van der Waals surface area contributed by atoms with Gasteiger partial charge in [-0.05, 0) is 36.4 Å². The van der Waals surface area contributed by atoms with E-state index in [4.69, 9.17) is 23.2 Å². The molecule has 0 aromatic heterocycles. The van der Waals surface area contributed by atoms with Gasteiger partial charge in [-0.3, -0.25) is 0 Å². The molecular weight excluding hydrogens is 336 g/mol. The van der Waals surface area contributed by atoms with E-state index in [-0.39, 0.29) is 11.4 Å². The predicted octanol–water partition coefficient (Wildman–Crippen LogP) is 3.95. The molecule has 0 aliphatic carbocycles. The smallest absolute Gasteiger partial charge is 0.207 e. The van der Waals surface area contributed by atoms with Gasteiger partial charge < -0.3 is 0 Å². The zero-order valence-corrected chi connectivity index (χ0v) is 13.4. The minimum Gasteiger partial charge on any atom is -0.207 e. The average molecular weight is 348 g/mol. The van der Waals surface area contributed by atoms with Crippen LogP contribution in [0.4, 0.5) is 4.39 Å². The average Bonchev–Trinajstić information content (AvgIpc) is 2.43. The van der Waals surface area contributed by atoms with E-state index in [2.05, 4.69) is 0 Å². The normalized spacial score (nSPS) is 11.9. The third kappa shape index (κ3) is 3.55. The molecule has 2 rings (SSSR count). The second kappa shape index (κ2) is 6.32. The van der Waals surface area contributed by atoms with E-state index >= 15 is 0 Å². The van der Waals surface area contributed by atoms with E-state index in [1.807, 2.05) is 0 Å². The standard InChI is InChI=1S/C14H12Cl2FNO2S/c1-18(9-12-13(15)3-2-4-14(12)16)21(19,20)11-7-5-10(17)6-8-11/h2-8H,9H2,1H3. The maximum Gasteiger partial charge on any atom is 0.243 e. The van der Waals surface area contributed by atoms with Crippen LogP contribution in [0.25, 0.3) is 0 Å². The summed E-state index contributed by atoms with van der Waals surface area (Å²) in [5.74, 6) is -0.495. The van der Waals surface area contributed by atoms with Gasteiger partial charge in [-0.2, -0.15) is 4.31 Å². The van der Waals surface area contributed by atoms with Crippen LogP contribution < -0.4 is 0 Å². The summed E-state index contributed by atoms with van der Waals surface area (Å²) in [7, 11) is -2.32. The lowest BCUT2D eigenvalue weighted by atomic mass is 10.2. The Labute approximate surface area is 133 Å². The van der Waals surface area contributed by atoms with E-state index in [9.17, 15) is 12.8 Å². The van der Waals surface area contributed by atoms with Gasteiger partial charge in [0.05, 0.1) is 4.90 Å². The molecule has 0 amide bonds. The molecular formula is C14H12Cl2FNO2S. The number of hydrogen-bond donors (Lipinski definition) is 0. The van der Waals surface area contributed by atoms with Gasteiger partial charge in [0.1, 0.15) is 5.82 Å². The van der Waals surface area contributed by atoms with E-state index in [1.165, 1.54) is 19.2 Å². The Hall–Kier alpha value is -1.14. The predicted molar refractivity (Wildman–Crippen MR) is 81.5 cm³/mol. The van der Waals surface area contributed by atoms with Crippen molar-refractivity contribution in [3.63, 3.8) is 0 Å². The summed E-state index contributed by atoms with van der Waals surface area (Å²) in [5.41, 5.74) is 0.522. The first kappa shape index (κ1) is 16.2. The van der Waals surface area contributed by atoms with Gasteiger partial charge in [0.15, 0.2) is 0 Å². The Balaban J connectivity index is 2.31. The lowest BCUT2D eigenvalue weighted by Gasteiger charge is -2.18. The molecule has 0 unspecified atom stereocenters. The minimum atomic E-state index is -3.74. The van der Waals surface area contributed by atoms with Crippen LogP contribution in [0.5, 0.6) is 0 Å². The highest BCUT2D eigenvalue weighted by molar-refractivity contribution is 7.89. The minimum absolute atomic E-state index is 0.00887. The number of rotatable bonds is 4. The Morgan fingerprint density at radius 3 is 2.10 bits per heavy atom. The number of nitrogens with zero attached hydrogens (tertiary/aromatic N) is 1. The topological polar surface area (TPSA) is 37.4 Å². The quantitative estimate of drug-likeness (QED) is 0.839. The summed E-state index contributed by atoms with van der Waals surface area (Å²) in [6.07, 6.45) is 0. The molecule has 0 fully saturated rings. The molecule has 0 N–H and O–H groups in total. The summed E-state index contributed by atoms with van der Waals surface area (Å²) in [4.78, 5) is 0.00887. The molecule has 2 aromatic rings. The van der Waals surface area contributed by atoms with Crippen molar-refractivity contribution in [2.24, 2.45) is 0 Å². The van der Waals surface area contributed by atoms with Crippen LogP contribution in [0.15, 0.2) is 47.4 Å². The van der Waals surface area contributed by atoms with Crippen LogP contribution in [-0.4, -0.2) is 19.8 Å². The summed E-state index contributed by atoms with van der Waals surface area (Å²) in [6, 6.07) is 9.60. The van der Waals surface area contributed by atoms with Crippen molar-refractivity contribution in [1.29, 1.82) is 0 Å². The second-order valence-corrected chi connectivity index (χ2v) is 7.27. The van der Waals surface area contributed by atoms with Gasteiger partial charge in [-0.15, -0.1) is 0 Å². The van der Waals surface area contributed by atoms with Gasteiger partial charge in [0.25, 0.3) is 0 Å². The number of sulfonamides is 1. The van der Waals surface area contributed by atoms with Crippen LogP contribution in [0.1, 0.15) is 5.56 Å². The van der Waals surface area contributed by atoms with Crippen molar-refractivity contribution < 1.29 is 12.8 Å². The summed E-state index contributed by atoms with van der Waals surface area (Å²) in [5, 5.41) is 0.785. The highest BCUT2D eigenvalue weighted by atomic mass is 35.5. The Kier molecular flexibility index (Phi) is 4.88. The van der Waals surface area contributed by atoms with Crippen LogP contribution in [0, 0.1) is 5.82 Å².